The Morgan fingerprint density at radius 1 is 0.815 bits per heavy atom. The lowest BCUT2D eigenvalue weighted by atomic mass is 10.2. The topological polar surface area (TPSA) is 95.1 Å². The number of amides is 2. The molecule has 2 amide bonds. The largest absolute Gasteiger partial charge is 0.493 e. The Balaban J connectivity index is 1.89. The number of rotatable bonds is 7. The van der Waals surface area contributed by atoms with Crippen LogP contribution < -0.4 is 29.8 Å². The number of methoxy groups -OCH3 is 3. The van der Waals surface area contributed by atoms with Gasteiger partial charge >= 0.3 is 0 Å². The van der Waals surface area contributed by atoms with Crippen molar-refractivity contribution in [1.82, 2.24) is 10.9 Å². The molecular weight excluding hydrogens is 352 g/mol. The molecule has 144 valence electrons. The van der Waals surface area contributed by atoms with Gasteiger partial charge in [-0.3, -0.25) is 20.4 Å². The van der Waals surface area contributed by atoms with Crippen molar-refractivity contribution in [1.29, 1.82) is 0 Å². The molecule has 0 unspecified atom stereocenters. The second-order valence-electron chi connectivity index (χ2n) is 5.52. The fraction of sp³-hybridized carbons (Fsp3) is 0.263. The van der Waals surface area contributed by atoms with Gasteiger partial charge in [0.15, 0.2) is 29.6 Å². The lowest BCUT2D eigenvalue weighted by Gasteiger charge is -2.12. The van der Waals surface area contributed by atoms with Gasteiger partial charge in [-0.1, -0.05) is 6.07 Å². The molecule has 2 aromatic carbocycles. The molecule has 0 radical (unpaired) electrons. The molecule has 27 heavy (non-hydrogen) atoms. The summed E-state index contributed by atoms with van der Waals surface area (Å²) < 4.78 is 20.9. The Morgan fingerprint density at radius 3 is 2.11 bits per heavy atom. The number of benzene rings is 2. The van der Waals surface area contributed by atoms with Crippen molar-refractivity contribution >= 4 is 11.8 Å². The zero-order valence-corrected chi connectivity index (χ0v) is 15.6. The molecule has 0 aliphatic rings. The van der Waals surface area contributed by atoms with Gasteiger partial charge in [-0.25, -0.2) is 0 Å². The van der Waals surface area contributed by atoms with Gasteiger partial charge in [-0.05, 0) is 42.8 Å². The summed E-state index contributed by atoms with van der Waals surface area (Å²) in [6, 6.07) is 10.0. The molecule has 0 atom stereocenters. The molecule has 0 aromatic heterocycles. The summed E-state index contributed by atoms with van der Waals surface area (Å²) >= 11 is 0. The van der Waals surface area contributed by atoms with E-state index in [9.17, 15) is 9.59 Å². The zero-order chi connectivity index (χ0) is 19.8. The highest BCUT2D eigenvalue weighted by Crippen LogP contribution is 2.28. The number of carbonyl (C=O) groups excluding carboxylic acids is 2. The molecule has 0 fully saturated rings. The van der Waals surface area contributed by atoms with Crippen molar-refractivity contribution in [2.45, 2.75) is 6.92 Å². The van der Waals surface area contributed by atoms with Crippen LogP contribution >= 0.6 is 0 Å². The molecule has 8 heteroatoms. The molecule has 0 aliphatic carbocycles. The average Bonchev–Trinajstić information content (AvgIpc) is 2.70. The van der Waals surface area contributed by atoms with Crippen LogP contribution in [-0.2, 0) is 4.79 Å². The van der Waals surface area contributed by atoms with Crippen LogP contribution in [0.1, 0.15) is 15.9 Å². The van der Waals surface area contributed by atoms with Crippen LogP contribution in [0.2, 0.25) is 0 Å². The summed E-state index contributed by atoms with van der Waals surface area (Å²) in [5, 5.41) is 0. The van der Waals surface area contributed by atoms with E-state index < -0.39 is 11.8 Å². The summed E-state index contributed by atoms with van der Waals surface area (Å²) in [7, 11) is 4.49. The summed E-state index contributed by atoms with van der Waals surface area (Å²) in [5.41, 5.74) is 5.91. The minimum atomic E-state index is -0.522. The number of nitrogens with one attached hydrogen (secondary N) is 2. The smallest absolute Gasteiger partial charge is 0.276 e. The third-order valence-electron chi connectivity index (χ3n) is 3.64. The first-order chi connectivity index (χ1) is 13.0. The van der Waals surface area contributed by atoms with Crippen LogP contribution in [0.15, 0.2) is 36.4 Å². The molecule has 2 rings (SSSR count). The first-order valence-corrected chi connectivity index (χ1v) is 8.07. The lowest BCUT2D eigenvalue weighted by molar-refractivity contribution is -0.123. The van der Waals surface area contributed by atoms with Crippen LogP contribution in [0.4, 0.5) is 0 Å². The number of ether oxygens (including phenoxy) is 4. The lowest BCUT2D eigenvalue weighted by Crippen LogP contribution is -2.43. The van der Waals surface area contributed by atoms with E-state index in [0.29, 0.717) is 28.6 Å². The standard InChI is InChI=1S/C19H22N2O6/c1-12-5-7-15(16(9-12)25-3)27-11-18(22)20-21-19(23)13-6-8-14(24-2)17(10-13)26-4/h5-10H,11H2,1-4H3,(H,20,22)(H,21,23). The Hall–Kier alpha value is -3.42. The minimum Gasteiger partial charge on any atom is -0.493 e. The maximum atomic E-state index is 12.1. The van der Waals surface area contributed by atoms with Crippen LogP contribution in [0.3, 0.4) is 0 Å². The molecule has 0 aliphatic heterocycles. The Kier molecular flexibility index (Phi) is 6.87. The van der Waals surface area contributed by atoms with Gasteiger partial charge in [-0.15, -0.1) is 0 Å². The van der Waals surface area contributed by atoms with Crippen molar-refractivity contribution in [2.75, 3.05) is 27.9 Å². The van der Waals surface area contributed by atoms with E-state index in [1.54, 1.807) is 24.3 Å². The van der Waals surface area contributed by atoms with Crippen LogP contribution in [-0.4, -0.2) is 39.8 Å². The second kappa shape index (κ2) is 9.33. The Labute approximate surface area is 157 Å². The molecule has 0 spiro atoms. The summed E-state index contributed by atoms with van der Waals surface area (Å²) in [4.78, 5) is 24.1. The summed E-state index contributed by atoms with van der Waals surface area (Å²) in [6.07, 6.45) is 0. The fourth-order valence-electron chi connectivity index (χ4n) is 2.25. The Bertz CT molecular complexity index is 822. The van der Waals surface area contributed by atoms with E-state index in [4.69, 9.17) is 18.9 Å². The maximum Gasteiger partial charge on any atom is 0.276 e. The summed E-state index contributed by atoms with van der Waals surface area (Å²) in [5.74, 6) is 0.843. The molecule has 0 bridgehead atoms. The van der Waals surface area contributed by atoms with Crippen molar-refractivity contribution in [2.24, 2.45) is 0 Å². The Morgan fingerprint density at radius 2 is 1.44 bits per heavy atom. The van der Waals surface area contributed by atoms with Gasteiger partial charge in [-0.2, -0.15) is 0 Å². The molecule has 2 N–H and O–H groups in total. The van der Waals surface area contributed by atoms with Crippen molar-refractivity contribution in [3.63, 3.8) is 0 Å². The van der Waals surface area contributed by atoms with Gasteiger partial charge in [0.05, 0.1) is 21.3 Å². The highest BCUT2D eigenvalue weighted by Gasteiger charge is 2.12. The number of carbonyl (C=O) groups is 2. The van der Waals surface area contributed by atoms with Crippen molar-refractivity contribution in [3.8, 4) is 23.0 Å². The summed E-state index contributed by atoms with van der Waals surface area (Å²) in [6.45, 7) is 1.63. The van der Waals surface area contributed by atoms with E-state index in [1.165, 1.54) is 27.4 Å². The molecule has 0 saturated heterocycles. The van der Waals surface area contributed by atoms with E-state index in [1.807, 2.05) is 13.0 Å². The minimum absolute atomic E-state index is 0.286. The normalized spacial score (nSPS) is 9.93. The van der Waals surface area contributed by atoms with Gasteiger partial charge in [0, 0.05) is 5.56 Å². The van der Waals surface area contributed by atoms with E-state index in [0.717, 1.165) is 5.56 Å². The van der Waals surface area contributed by atoms with Crippen LogP contribution in [0, 0.1) is 6.92 Å². The fourth-order valence-corrected chi connectivity index (χ4v) is 2.25. The highest BCUT2D eigenvalue weighted by molar-refractivity contribution is 5.96. The van der Waals surface area contributed by atoms with E-state index in [-0.39, 0.29) is 6.61 Å². The second-order valence-corrected chi connectivity index (χ2v) is 5.52. The van der Waals surface area contributed by atoms with Gasteiger partial charge in [0.25, 0.3) is 11.8 Å². The van der Waals surface area contributed by atoms with E-state index >= 15 is 0 Å². The third kappa shape index (κ3) is 5.27. The molecule has 0 heterocycles. The molecule has 2 aromatic rings. The SMILES string of the molecule is COc1ccc(C(=O)NNC(=O)COc2ccc(C)cc2OC)cc1OC. The zero-order valence-electron chi connectivity index (χ0n) is 15.6. The monoisotopic (exact) mass is 374 g/mol. The molecular formula is C19H22N2O6. The average molecular weight is 374 g/mol. The van der Waals surface area contributed by atoms with Crippen LogP contribution in [0.25, 0.3) is 0 Å². The first kappa shape index (κ1) is 19.9. The van der Waals surface area contributed by atoms with Gasteiger partial charge in [0.2, 0.25) is 0 Å². The maximum absolute atomic E-state index is 12.1. The number of aryl methyl sites for hydroxylation is 1. The van der Waals surface area contributed by atoms with Gasteiger partial charge < -0.3 is 18.9 Å². The molecule has 0 saturated carbocycles. The first-order valence-electron chi connectivity index (χ1n) is 8.07. The molecule has 8 nitrogen and oxygen atoms in total. The van der Waals surface area contributed by atoms with Gasteiger partial charge in [0.1, 0.15) is 0 Å². The van der Waals surface area contributed by atoms with Crippen LogP contribution in [0.5, 0.6) is 23.0 Å². The number of hydrogen-bond acceptors (Lipinski definition) is 6. The quantitative estimate of drug-likeness (QED) is 0.719. The highest BCUT2D eigenvalue weighted by atomic mass is 16.5. The predicted octanol–water partition coefficient (Wildman–Crippen LogP) is 1.86. The van der Waals surface area contributed by atoms with E-state index in [2.05, 4.69) is 10.9 Å². The van der Waals surface area contributed by atoms with Crippen molar-refractivity contribution < 1.29 is 28.5 Å². The number of hydrogen-bond donors (Lipinski definition) is 2. The van der Waals surface area contributed by atoms with Crippen molar-refractivity contribution in [3.05, 3.63) is 47.5 Å². The third-order valence-corrected chi connectivity index (χ3v) is 3.64. The number of hydrazine groups is 1. The predicted molar refractivity (Wildman–Crippen MR) is 98.4 cm³/mol.